The van der Waals surface area contributed by atoms with E-state index in [9.17, 15) is 0 Å². The van der Waals surface area contributed by atoms with Crippen molar-refractivity contribution in [1.29, 1.82) is 0 Å². The maximum atomic E-state index is 5.97. The van der Waals surface area contributed by atoms with E-state index in [2.05, 4.69) is 27.5 Å². The average Bonchev–Trinajstić information content (AvgIpc) is 2.66. The van der Waals surface area contributed by atoms with Gasteiger partial charge in [-0.2, -0.15) is 0 Å². The van der Waals surface area contributed by atoms with Crippen LogP contribution in [0.4, 0.5) is 5.82 Å². The van der Waals surface area contributed by atoms with Crippen molar-refractivity contribution in [3.05, 3.63) is 23.9 Å². The Balaban J connectivity index is 1.72. The maximum absolute atomic E-state index is 5.97. The zero-order valence-corrected chi connectivity index (χ0v) is 16.6. The molecule has 0 aliphatic heterocycles. The second kappa shape index (κ2) is 11.7. The number of guanidine groups is 1. The summed E-state index contributed by atoms with van der Waals surface area (Å²) in [5.74, 6) is 1.79. The van der Waals surface area contributed by atoms with Crippen molar-refractivity contribution in [3.63, 3.8) is 0 Å². The first-order valence-corrected chi connectivity index (χ1v) is 9.96. The summed E-state index contributed by atoms with van der Waals surface area (Å²) in [5.41, 5.74) is 0.967. The van der Waals surface area contributed by atoms with Crippen LogP contribution in [0.5, 0.6) is 0 Å². The molecule has 1 heterocycles. The Morgan fingerprint density at radius 3 is 2.77 bits per heavy atom. The number of pyridine rings is 1. The average molecular weight is 362 g/mol. The molecular weight excluding hydrogens is 326 g/mol. The van der Waals surface area contributed by atoms with Gasteiger partial charge in [-0.3, -0.25) is 0 Å². The monoisotopic (exact) mass is 361 g/mol. The second-order valence-electron chi connectivity index (χ2n) is 6.99. The Kier molecular flexibility index (Phi) is 9.24. The summed E-state index contributed by atoms with van der Waals surface area (Å²) < 4.78 is 5.97. The Morgan fingerprint density at radius 2 is 2.04 bits per heavy atom. The lowest BCUT2D eigenvalue weighted by Crippen LogP contribution is -2.38. The standard InChI is InChI=1S/C20H35N5O/c1-4-21-20(22-14-9-15-26-18-11-6-5-7-12-18)23-16-17-10-8-13-19(24-17)25(2)3/h8,10,13,18H,4-7,9,11-12,14-16H2,1-3H3,(H2,21,22,23). The molecule has 1 aliphatic carbocycles. The summed E-state index contributed by atoms with van der Waals surface area (Å²) in [6.45, 7) is 5.17. The van der Waals surface area contributed by atoms with Crippen molar-refractivity contribution in [1.82, 2.24) is 15.6 Å². The summed E-state index contributed by atoms with van der Waals surface area (Å²) in [6.07, 6.45) is 7.96. The normalized spacial score (nSPS) is 15.7. The summed E-state index contributed by atoms with van der Waals surface area (Å²) in [4.78, 5) is 11.3. The van der Waals surface area contributed by atoms with Crippen molar-refractivity contribution in [3.8, 4) is 0 Å². The molecular formula is C20H35N5O. The molecule has 1 fully saturated rings. The molecule has 1 saturated carbocycles. The lowest BCUT2D eigenvalue weighted by atomic mass is 9.98. The van der Waals surface area contributed by atoms with Crippen LogP contribution in [0.25, 0.3) is 0 Å². The lowest BCUT2D eigenvalue weighted by molar-refractivity contribution is 0.0277. The second-order valence-corrected chi connectivity index (χ2v) is 6.99. The van der Waals surface area contributed by atoms with Crippen molar-refractivity contribution >= 4 is 11.8 Å². The molecule has 0 atom stereocenters. The lowest BCUT2D eigenvalue weighted by Gasteiger charge is -2.22. The van der Waals surface area contributed by atoms with Crippen molar-refractivity contribution < 1.29 is 4.74 Å². The number of nitrogens with one attached hydrogen (secondary N) is 2. The highest BCUT2D eigenvalue weighted by molar-refractivity contribution is 5.79. The van der Waals surface area contributed by atoms with Gasteiger partial charge in [-0.25, -0.2) is 9.98 Å². The fourth-order valence-corrected chi connectivity index (χ4v) is 3.07. The van der Waals surface area contributed by atoms with Crippen LogP contribution in [0.3, 0.4) is 0 Å². The summed E-state index contributed by atoms with van der Waals surface area (Å²) in [6, 6.07) is 6.04. The minimum Gasteiger partial charge on any atom is -0.378 e. The van der Waals surface area contributed by atoms with Crippen LogP contribution < -0.4 is 15.5 Å². The Labute approximate surface area is 158 Å². The van der Waals surface area contributed by atoms with Crippen LogP contribution in [0, 0.1) is 0 Å². The van der Waals surface area contributed by atoms with Crippen molar-refractivity contribution in [2.24, 2.45) is 4.99 Å². The fraction of sp³-hybridized carbons (Fsp3) is 0.700. The van der Waals surface area contributed by atoms with E-state index >= 15 is 0 Å². The van der Waals surface area contributed by atoms with Crippen LogP contribution in [0.1, 0.15) is 51.1 Å². The molecule has 6 nitrogen and oxygen atoms in total. The highest BCUT2D eigenvalue weighted by atomic mass is 16.5. The molecule has 1 aromatic rings. The first-order chi connectivity index (χ1) is 12.7. The van der Waals surface area contributed by atoms with Gasteiger partial charge in [-0.05, 0) is 38.3 Å². The SMILES string of the molecule is CCNC(=NCc1cccc(N(C)C)n1)NCCCOC1CCCCC1. The van der Waals surface area contributed by atoms with Gasteiger partial charge in [0.15, 0.2) is 5.96 Å². The predicted octanol–water partition coefficient (Wildman–Crippen LogP) is 2.94. The summed E-state index contributed by atoms with van der Waals surface area (Å²) in [7, 11) is 3.99. The van der Waals surface area contributed by atoms with Crippen LogP contribution in [0.15, 0.2) is 23.2 Å². The first-order valence-electron chi connectivity index (χ1n) is 9.96. The van der Waals surface area contributed by atoms with Crippen LogP contribution in [-0.4, -0.2) is 50.8 Å². The molecule has 0 amide bonds. The quantitative estimate of drug-likeness (QED) is 0.402. The number of aromatic nitrogens is 1. The maximum Gasteiger partial charge on any atom is 0.191 e. The van der Waals surface area contributed by atoms with E-state index in [1.807, 2.05) is 37.2 Å². The number of nitrogens with zero attached hydrogens (tertiary/aromatic N) is 3. The minimum atomic E-state index is 0.487. The Bertz CT molecular complexity index is 541. The van der Waals surface area contributed by atoms with E-state index in [-0.39, 0.29) is 0 Å². The van der Waals surface area contributed by atoms with Gasteiger partial charge in [0.2, 0.25) is 0 Å². The number of rotatable bonds is 9. The molecule has 1 aliphatic rings. The molecule has 0 radical (unpaired) electrons. The molecule has 26 heavy (non-hydrogen) atoms. The van der Waals surface area contributed by atoms with Gasteiger partial charge in [-0.1, -0.05) is 25.3 Å². The van der Waals surface area contributed by atoms with E-state index in [0.717, 1.165) is 43.6 Å². The van der Waals surface area contributed by atoms with E-state index in [1.165, 1.54) is 32.1 Å². The molecule has 2 rings (SSSR count). The molecule has 0 bridgehead atoms. The third-order valence-electron chi connectivity index (χ3n) is 4.51. The van der Waals surface area contributed by atoms with E-state index in [4.69, 9.17) is 4.74 Å². The fourth-order valence-electron chi connectivity index (χ4n) is 3.07. The molecule has 146 valence electrons. The van der Waals surface area contributed by atoms with Gasteiger partial charge >= 0.3 is 0 Å². The molecule has 1 aromatic heterocycles. The highest BCUT2D eigenvalue weighted by Gasteiger charge is 2.12. The van der Waals surface area contributed by atoms with Gasteiger partial charge < -0.3 is 20.3 Å². The van der Waals surface area contributed by atoms with Gasteiger partial charge in [-0.15, -0.1) is 0 Å². The Morgan fingerprint density at radius 1 is 1.23 bits per heavy atom. The van der Waals surface area contributed by atoms with E-state index in [1.54, 1.807) is 0 Å². The number of aliphatic imine (C=N–C) groups is 1. The van der Waals surface area contributed by atoms with Crippen LogP contribution in [-0.2, 0) is 11.3 Å². The topological polar surface area (TPSA) is 61.8 Å². The third-order valence-corrected chi connectivity index (χ3v) is 4.51. The van der Waals surface area contributed by atoms with Crippen molar-refractivity contribution in [2.75, 3.05) is 38.7 Å². The van der Waals surface area contributed by atoms with Gasteiger partial charge in [0.25, 0.3) is 0 Å². The van der Waals surface area contributed by atoms with Gasteiger partial charge in [0.1, 0.15) is 5.82 Å². The van der Waals surface area contributed by atoms with Crippen LogP contribution >= 0.6 is 0 Å². The molecule has 2 N–H and O–H groups in total. The van der Waals surface area contributed by atoms with E-state index in [0.29, 0.717) is 12.6 Å². The van der Waals surface area contributed by atoms with Gasteiger partial charge in [0.05, 0.1) is 18.3 Å². The zero-order valence-electron chi connectivity index (χ0n) is 16.6. The zero-order chi connectivity index (χ0) is 18.6. The number of anilines is 1. The third kappa shape index (κ3) is 7.60. The molecule has 0 spiro atoms. The highest BCUT2D eigenvalue weighted by Crippen LogP contribution is 2.20. The molecule has 0 unspecified atom stereocenters. The van der Waals surface area contributed by atoms with Gasteiger partial charge in [0, 0.05) is 33.8 Å². The first kappa shape index (κ1) is 20.5. The predicted molar refractivity (Wildman–Crippen MR) is 109 cm³/mol. The smallest absolute Gasteiger partial charge is 0.191 e. The Hall–Kier alpha value is -1.82. The molecule has 6 heteroatoms. The molecule has 0 saturated heterocycles. The van der Waals surface area contributed by atoms with Crippen LogP contribution in [0.2, 0.25) is 0 Å². The van der Waals surface area contributed by atoms with E-state index < -0.39 is 0 Å². The number of ether oxygens (including phenoxy) is 1. The summed E-state index contributed by atoms with van der Waals surface area (Å²) in [5, 5.41) is 6.68. The summed E-state index contributed by atoms with van der Waals surface area (Å²) >= 11 is 0. The number of hydrogen-bond donors (Lipinski definition) is 2. The largest absolute Gasteiger partial charge is 0.378 e. The number of hydrogen-bond acceptors (Lipinski definition) is 4. The molecule has 0 aromatic carbocycles. The van der Waals surface area contributed by atoms with Crippen molar-refractivity contribution in [2.45, 2.75) is 58.1 Å². The minimum absolute atomic E-state index is 0.487.